The Hall–Kier alpha value is -3.78. The number of hydrogen-bond donors (Lipinski definition) is 1. The van der Waals surface area contributed by atoms with Crippen LogP contribution in [0.2, 0.25) is 0 Å². The Labute approximate surface area is 168 Å². The van der Waals surface area contributed by atoms with Crippen molar-refractivity contribution < 1.29 is 13.3 Å². The highest BCUT2D eigenvalue weighted by molar-refractivity contribution is 5.70. The number of pyridine rings is 1. The maximum absolute atomic E-state index is 13.5. The number of anilines is 1. The van der Waals surface area contributed by atoms with Crippen molar-refractivity contribution in [3.63, 3.8) is 0 Å². The minimum Gasteiger partial charge on any atom is -0.396 e. The first-order valence-corrected chi connectivity index (χ1v) is 9.15. The molecule has 144 valence electrons. The largest absolute Gasteiger partial charge is 0.396 e. The molecule has 1 heterocycles. The highest BCUT2D eigenvalue weighted by Crippen LogP contribution is 2.15. The average molecular weight is 388 g/mol. The topological polar surface area (TPSA) is 53.7 Å². The van der Waals surface area contributed by atoms with Crippen molar-refractivity contribution in [1.29, 1.82) is 5.26 Å². The van der Waals surface area contributed by atoms with E-state index in [4.69, 9.17) is 11.0 Å². The first-order chi connectivity index (χ1) is 14.0. The first-order valence-electron chi connectivity index (χ1n) is 9.15. The van der Waals surface area contributed by atoms with Crippen LogP contribution in [0, 0.1) is 23.0 Å². The lowest BCUT2D eigenvalue weighted by Crippen LogP contribution is -2.38. The lowest BCUT2D eigenvalue weighted by atomic mass is 10.1. The van der Waals surface area contributed by atoms with Crippen LogP contribution in [0.15, 0.2) is 54.6 Å². The lowest BCUT2D eigenvalue weighted by molar-refractivity contribution is -0.696. The standard InChI is InChI=1S/C24H20F2N3/c1-2-29-20(10-6-17-8-12-22(25)19(14-17)16-27)4-3-5-21(29)11-7-18-9-13-23(26)24(28)15-18/h3-15H,2,28H2,1H3/q+1/b10-6+,11-7+. The Morgan fingerprint density at radius 3 is 2.03 bits per heavy atom. The molecule has 0 amide bonds. The highest BCUT2D eigenvalue weighted by atomic mass is 19.1. The molecule has 0 aliphatic rings. The van der Waals surface area contributed by atoms with Crippen molar-refractivity contribution in [2.45, 2.75) is 13.5 Å². The molecular weight excluding hydrogens is 368 g/mol. The summed E-state index contributed by atoms with van der Waals surface area (Å²) >= 11 is 0. The third kappa shape index (κ3) is 4.74. The summed E-state index contributed by atoms with van der Waals surface area (Å²) < 4.78 is 28.9. The normalized spacial score (nSPS) is 11.2. The zero-order valence-electron chi connectivity index (χ0n) is 15.9. The molecule has 0 saturated carbocycles. The molecule has 0 aliphatic heterocycles. The SMILES string of the molecule is CC[n+]1c(/C=C/c2ccc(F)c(N)c2)cccc1/C=C/c1ccc(F)c(C#N)c1. The summed E-state index contributed by atoms with van der Waals surface area (Å²) in [7, 11) is 0. The van der Waals surface area contributed by atoms with E-state index in [2.05, 4.69) is 4.57 Å². The number of aromatic nitrogens is 1. The van der Waals surface area contributed by atoms with Crippen molar-refractivity contribution in [3.8, 4) is 6.07 Å². The molecule has 0 spiro atoms. The summed E-state index contributed by atoms with van der Waals surface area (Å²) in [6.45, 7) is 2.77. The molecule has 0 unspecified atom stereocenters. The van der Waals surface area contributed by atoms with Gasteiger partial charge in [-0.05, 0) is 60.5 Å². The van der Waals surface area contributed by atoms with Gasteiger partial charge in [0.1, 0.15) is 24.2 Å². The molecule has 5 heteroatoms. The van der Waals surface area contributed by atoms with Crippen LogP contribution in [-0.4, -0.2) is 0 Å². The molecule has 0 fully saturated rings. The van der Waals surface area contributed by atoms with Gasteiger partial charge in [0.25, 0.3) is 0 Å². The van der Waals surface area contributed by atoms with Gasteiger partial charge in [-0.25, -0.2) is 8.78 Å². The Kier molecular flexibility index (Phi) is 6.16. The van der Waals surface area contributed by atoms with Crippen molar-refractivity contribution in [1.82, 2.24) is 0 Å². The fourth-order valence-electron chi connectivity index (χ4n) is 2.99. The average Bonchev–Trinajstić information content (AvgIpc) is 2.73. The van der Waals surface area contributed by atoms with Crippen LogP contribution in [0.5, 0.6) is 0 Å². The van der Waals surface area contributed by atoms with Crippen molar-refractivity contribution >= 4 is 30.0 Å². The van der Waals surface area contributed by atoms with Crippen molar-refractivity contribution in [2.75, 3.05) is 5.73 Å². The fraction of sp³-hybridized carbons (Fsp3) is 0.0833. The van der Waals surface area contributed by atoms with Crippen LogP contribution < -0.4 is 10.3 Å². The fourth-order valence-corrected chi connectivity index (χ4v) is 2.99. The monoisotopic (exact) mass is 388 g/mol. The number of nitrogen functional groups attached to an aromatic ring is 1. The molecule has 3 aromatic rings. The summed E-state index contributed by atoms with van der Waals surface area (Å²) in [5.74, 6) is -0.958. The van der Waals surface area contributed by atoms with Gasteiger partial charge in [-0.15, -0.1) is 0 Å². The Balaban J connectivity index is 1.90. The van der Waals surface area contributed by atoms with Gasteiger partial charge >= 0.3 is 0 Å². The number of rotatable bonds is 5. The maximum atomic E-state index is 13.5. The number of nitrogens with two attached hydrogens (primary N) is 1. The lowest BCUT2D eigenvalue weighted by Gasteiger charge is -2.03. The van der Waals surface area contributed by atoms with Gasteiger partial charge in [-0.1, -0.05) is 12.1 Å². The van der Waals surface area contributed by atoms with Gasteiger partial charge in [-0.3, -0.25) is 0 Å². The van der Waals surface area contributed by atoms with E-state index in [1.807, 2.05) is 55.5 Å². The van der Waals surface area contributed by atoms with Crippen LogP contribution in [0.25, 0.3) is 24.3 Å². The van der Waals surface area contributed by atoms with Crippen molar-refractivity contribution in [2.24, 2.45) is 0 Å². The maximum Gasteiger partial charge on any atom is 0.205 e. The van der Waals surface area contributed by atoms with Crippen LogP contribution in [0.3, 0.4) is 0 Å². The smallest absolute Gasteiger partial charge is 0.205 e. The molecule has 2 N–H and O–H groups in total. The summed E-state index contributed by atoms with van der Waals surface area (Å²) in [5.41, 5.74) is 9.23. The number of nitriles is 1. The zero-order valence-corrected chi connectivity index (χ0v) is 15.9. The number of hydrogen-bond acceptors (Lipinski definition) is 2. The van der Waals surface area contributed by atoms with E-state index in [1.54, 1.807) is 18.2 Å². The van der Waals surface area contributed by atoms with Crippen molar-refractivity contribution in [3.05, 3.63) is 94.3 Å². The number of nitrogens with zero attached hydrogens (tertiary/aromatic N) is 2. The van der Waals surface area contributed by atoms with E-state index >= 15 is 0 Å². The van der Waals surface area contributed by atoms with Gasteiger partial charge < -0.3 is 5.73 Å². The summed E-state index contributed by atoms with van der Waals surface area (Å²) in [5, 5.41) is 8.98. The second-order valence-corrected chi connectivity index (χ2v) is 6.42. The summed E-state index contributed by atoms with van der Waals surface area (Å²) in [6, 6.07) is 16.8. The minimum absolute atomic E-state index is 0.0192. The minimum atomic E-state index is -0.526. The molecule has 0 bridgehead atoms. The molecule has 2 aromatic carbocycles. The van der Waals surface area contributed by atoms with Gasteiger partial charge in [0.2, 0.25) is 11.4 Å². The zero-order chi connectivity index (χ0) is 20.8. The summed E-state index contributed by atoms with van der Waals surface area (Å²) in [4.78, 5) is 0. The predicted octanol–water partition coefficient (Wildman–Crippen LogP) is 5.07. The quantitative estimate of drug-likeness (QED) is 0.490. The molecule has 0 saturated heterocycles. The molecule has 0 aliphatic carbocycles. The van der Waals surface area contributed by atoms with E-state index in [1.165, 1.54) is 18.2 Å². The van der Waals surface area contributed by atoms with Crippen LogP contribution >= 0.6 is 0 Å². The third-order valence-electron chi connectivity index (χ3n) is 4.50. The Bertz CT molecular complexity index is 1140. The van der Waals surface area contributed by atoms with E-state index in [9.17, 15) is 8.78 Å². The highest BCUT2D eigenvalue weighted by Gasteiger charge is 2.10. The molecular formula is C24H20F2N3+. The predicted molar refractivity (Wildman–Crippen MR) is 112 cm³/mol. The van der Waals surface area contributed by atoms with Crippen LogP contribution in [0.1, 0.15) is 35.0 Å². The van der Waals surface area contributed by atoms with Crippen LogP contribution in [-0.2, 0) is 6.54 Å². The van der Waals surface area contributed by atoms with Gasteiger partial charge in [-0.2, -0.15) is 9.83 Å². The molecule has 0 radical (unpaired) electrons. The van der Waals surface area contributed by atoms with E-state index in [-0.39, 0.29) is 11.3 Å². The third-order valence-corrected chi connectivity index (χ3v) is 4.50. The summed E-state index contributed by atoms with van der Waals surface area (Å²) in [6.07, 6.45) is 7.59. The van der Waals surface area contributed by atoms with E-state index in [0.29, 0.717) is 0 Å². The van der Waals surface area contributed by atoms with Gasteiger partial charge in [0, 0.05) is 24.3 Å². The number of halogens is 2. The second kappa shape index (κ2) is 8.94. The molecule has 29 heavy (non-hydrogen) atoms. The molecule has 1 aromatic heterocycles. The molecule has 3 nitrogen and oxygen atoms in total. The Morgan fingerprint density at radius 2 is 1.48 bits per heavy atom. The number of benzene rings is 2. The molecule has 0 atom stereocenters. The van der Waals surface area contributed by atoms with Crippen LogP contribution in [0.4, 0.5) is 14.5 Å². The molecule has 3 rings (SSSR count). The second-order valence-electron chi connectivity index (χ2n) is 6.42. The Morgan fingerprint density at radius 1 is 0.897 bits per heavy atom. The van der Waals surface area contributed by atoms with Gasteiger partial charge in [0.15, 0.2) is 0 Å². The van der Waals surface area contributed by atoms with E-state index in [0.717, 1.165) is 29.1 Å². The first kappa shape index (κ1) is 20.0. The van der Waals surface area contributed by atoms with Gasteiger partial charge in [0.05, 0.1) is 11.3 Å². The van der Waals surface area contributed by atoms with E-state index < -0.39 is 11.6 Å².